The lowest BCUT2D eigenvalue weighted by Gasteiger charge is -2.33. The first-order chi connectivity index (χ1) is 10.1. The third-order valence-corrected chi connectivity index (χ3v) is 5.05. The normalized spacial score (nSPS) is 23.7. The highest BCUT2D eigenvalue weighted by atomic mass is 35.5. The predicted molar refractivity (Wildman–Crippen MR) is 87.5 cm³/mol. The van der Waals surface area contributed by atoms with E-state index in [1.165, 1.54) is 25.7 Å². The van der Waals surface area contributed by atoms with Gasteiger partial charge in [-0.15, -0.1) is 0 Å². The van der Waals surface area contributed by atoms with Crippen LogP contribution in [0.5, 0.6) is 11.5 Å². The van der Waals surface area contributed by atoms with Crippen LogP contribution in [0.3, 0.4) is 0 Å². The van der Waals surface area contributed by atoms with E-state index in [-0.39, 0.29) is 6.04 Å². The van der Waals surface area contributed by atoms with Crippen molar-refractivity contribution in [3.63, 3.8) is 0 Å². The van der Waals surface area contributed by atoms with E-state index < -0.39 is 0 Å². The van der Waals surface area contributed by atoms with Gasteiger partial charge in [0.1, 0.15) is 16.5 Å². The highest BCUT2D eigenvalue weighted by molar-refractivity contribution is 6.33. The molecular weight excluding hydrogens is 286 g/mol. The largest absolute Gasteiger partial charge is 0.495 e. The zero-order valence-electron chi connectivity index (χ0n) is 13.4. The molecular formula is C17H26ClNO2. The lowest BCUT2D eigenvalue weighted by Crippen LogP contribution is -2.28. The lowest BCUT2D eigenvalue weighted by molar-refractivity contribution is 0.234. The summed E-state index contributed by atoms with van der Waals surface area (Å²) in [5.74, 6) is 2.86. The summed E-state index contributed by atoms with van der Waals surface area (Å²) in [5.41, 5.74) is 1.13. The summed E-state index contributed by atoms with van der Waals surface area (Å²) in [5, 5.41) is 4.02. The quantitative estimate of drug-likeness (QED) is 0.871. The van der Waals surface area contributed by atoms with Gasteiger partial charge in [-0.25, -0.2) is 0 Å². The van der Waals surface area contributed by atoms with Crippen LogP contribution in [-0.4, -0.2) is 21.3 Å². The van der Waals surface area contributed by atoms with Gasteiger partial charge in [-0.1, -0.05) is 31.4 Å². The molecule has 0 radical (unpaired) electrons. The number of hydrogen-bond acceptors (Lipinski definition) is 3. The summed E-state index contributed by atoms with van der Waals surface area (Å²) < 4.78 is 10.8. The second-order valence-electron chi connectivity index (χ2n) is 5.99. The lowest BCUT2D eigenvalue weighted by atomic mass is 9.77. The molecule has 0 heterocycles. The minimum Gasteiger partial charge on any atom is -0.495 e. The Balaban J connectivity index is 2.31. The molecule has 1 fully saturated rings. The van der Waals surface area contributed by atoms with Crippen molar-refractivity contribution >= 4 is 11.6 Å². The molecule has 1 atom stereocenters. The van der Waals surface area contributed by atoms with Gasteiger partial charge >= 0.3 is 0 Å². The fraction of sp³-hybridized carbons (Fsp3) is 0.647. The van der Waals surface area contributed by atoms with Gasteiger partial charge in [0.25, 0.3) is 0 Å². The summed E-state index contributed by atoms with van der Waals surface area (Å²) in [6.07, 6.45) is 5.10. The topological polar surface area (TPSA) is 30.5 Å². The third kappa shape index (κ3) is 3.46. The van der Waals surface area contributed by atoms with Gasteiger partial charge in [-0.05, 0) is 43.9 Å². The van der Waals surface area contributed by atoms with Crippen molar-refractivity contribution in [3.8, 4) is 11.5 Å². The Kier molecular flexibility index (Phi) is 5.77. The van der Waals surface area contributed by atoms with Crippen LogP contribution in [0.1, 0.15) is 44.2 Å². The molecule has 118 valence electrons. The average Bonchev–Trinajstić information content (AvgIpc) is 2.50. The molecule has 0 spiro atoms. The van der Waals surface area contributed by atoms with E-state index in [0.717, 1.165) is 17.2 Å². The van der Waals surface area contributed by atoms with Crippen LogP contribution in [0.4, 0.5) is 0 Å². The van der Waals surface area contributed by atoms with Gasteiger partial charge < -0.3 is 14.8 Å². The molecule has 1 aliphatic carbocycles. The Morgan fingerprint density at radius 3 is 2.33 bits per heavy atom. The van der Waals surface area contributed by atoms with Gasteiger partial charge in [0, 0.05) is 11.6 Å². The van der Waals surface area contributed by atoms with Crippen LogP contribution in [-0.2, 0) is 0 Å². The summed E-state index contributed by atoms with van der Waals surface area (Å²) in [6.45, 7) is 2.34. The van der Waals surface area contributed by atoms with Crippen molar-refractivity contribution in [2.45, 2.75) is 38.6 Å². The maximum Gasteiger partial charge on any atom is 0.146 e. The van der Waals surface area contributed by atoms with Crippen LogP contribution in [0.25, 0.3) is 0 Å². The van der Waals surface area contributed by atoms with Crippen LogP contribution in [0.15, 0.2) is 12.1 Å². The first-order valence-corrected chi connectivity index (χ1v) is 8.07. The summed E-state index contributed by atoms with van der Waals surface area (Å²) in [6, 6.07) is 4.27. The van der Waals surface area contributed by atoms with Gasteiger partial charge in [0.2, 0.25) is 0 Å². The molecule has 0 aromatic heterocycles. The van der Waals surface area contributed by atoms with E-state index in [1.807, 2.05) is 13.1 Å². The van der Waals surface area contributed by atoms with Crippen molar-refractivity contribution in [1.29, 1.82) is 0 Å². The Labute approximate surface area is 133 Å². The highest BCUT2D eigenvalue weighted by Crippen LogP contribution is 2.44. The molecule has 4 heteroatoms. The molecule has 1 unspecified atom stereocenters. The molecule has 1 N–H and O–H groups in total. The first kappa shape index (κ1) is 16.4. The molecule has 1 saturated carbocycles. The van der Waals surface area contributed by atoms with Gasteiger partial charge in [-0.2, -0.15) is 0 Å². The van der Waals surface area contributed by atoms with Crippen LogP contribution >= 0.6 is 11.6 Å². The van der Waals surface area contributed by atoms with E-state index in [1.54, 1.807) is 14.2 Å². The average molecular weight is 312 g/mol. The number of benzene rings is 1. The van der Waals surface area contributed by atoms with E-state index in [0.29, 0.717) is 16.7 Å². The van der Waals surface area contributed by atoms with Crippen molar-refractivity contribution < 1.29 is 9.47 Å². The molecule has 0 amide bonds. The van der Waals surface area contributed by atoms with Gasteiger partial charge in [0.15, 0.2) is 0 Å². The number of hydrogen-bond donors (Lipinski definition) is 1. The van der Waals surface area contributed by atoms with Crippen molar-refractivity contribution in [1.82, 2.24) is 5.32 Å². The van der Waals surface area contributed by atoms with E-state index in [9.17, 15) is 0 Å². The van der Waals surface area contributed by atoms with E-state index >= 15 is 0 Å². The standard InChI is InChI=1S/C17H26ClNO2/c1-11-5-7-12(8-6-11)16(19-2)13-9-10-14(20-3)15(18)17(13)21-4/h9-12,16,19H,5-8H2,1-4H3. The summed E-state index contributed by atoms with van der Waals surface area (Å²) >= 11 is 6.40. The number of methoxy groups -OCH3 is 2. The maximum absolute atomic E-state index is 6.40. The number of nitrogens with one attached hydrogen (secondary N) is 1. The van der Waals surface area contributed by atoms with Crippen LogP contribution < -0.4 is 14.8 Å². The Bertz CT molecular complexity index is 470. The zero-order valence-corrected chi connectivity index (χ0v) is 14.2. The Morgan fingerprint density at radius 1 is 1.14 bits per heavy atom. The Hall–Kier alpha value is -0.930. The fourth-order valence-electron chi connectivity index (χ4n) is 3.43. The minimum atomic E-state index is 0.274. The molecule has 0 aliphatic heterocycles. The van der Waals surface area contributed by atoms with Crippen LogP contribution in [0.2, 0.25) is 5.02 Å². The summed E-state index contributed by atoms with van der Waals surface area (Å²) in [7, 11) is 5.30. The van der Waals surface area contributed by atoms with Crippen molar-refractivity contribution in [2.24, 2.45) is 11.8 Å². The summed E-state index contributed by atoms with van der Waals surface area (Å²) in [4.78, 5) is 0. The maximum atomic E-state index is 6.40. The molecule has 3 nitrogen and oxygen atoms in total. The third-order valence-electron chi connectivity index (χ3n) is 4.69. The smallest absolute Gasteiger partial charge is 0.146 e. The fourth-order valence-corrected chi connectivity index (χ4v) is 3.75. The van der Waals surface area contributed by atoms with Crippen LogP contribution in [0, 0.1) is 11.8 Å². The van der Waals surface area contributed by atoms with E-state index in [2.05, 4.69) is 18.3 Å². The minimum absolute atomic E-state index is 0.274. The predicted octanol–water partition coefficient (Wildman–Crippen LogP) is 4.44. The molecule has 1 aromatic rings. The molecule has 1 aliphatic rings. The highest BCUT2D eigenvalue weighted by Gasteiger charge is 2.29. The Morgan fingerprint density at radius 2 is 1.81 bits per heavy atom. The number of rotatable bonds is 5. The second-order valence-corrected chi connectivity index (χ2v) is 6.37. The number of halogens is 1. The molecule has 1 aromatic carbocycles. The molecule has 0 bridgehead atoms. The molecule has 21 heavy (non-hydrogen) atoms. The first-order valence-electron chi connectivity index (χ1n) is 7.70. The van der Waals surface area contributed by atoms with E-state index in [4.69, 9.17) is 21.1 Å². The second kappa shape index (κ2) is 7.37. The monoisotopic (exact) mass is 311 g/mol. The molecule has 2 rings (SSSR count). The van der Waals surface area contributed by atoms with Gasteiger partial charge in [-0.3, -0.25) is 0 Å². The van der Waals surface area contributed by atoms with Crippen molar-refractivity contribution in [3.05, 3.63) is 22.7 Å². The molecule has 0 saturated heterocycles. The zero-order chi connectivity index (χ0) is 15.4. The number of ether oxygens (including phenoxy) is 2. The van der Waals surface area contributed by atoms with Gasteiger partial charge in [0.05, 0.1) is 14.2 Å². The van der Waals surface area contributed by atoms with Crippen molar-refractivity contribution in [2.75, 3.05) is 21.3 Å². The SMILES string of the molecule is CNC(c1ccc(OC)c(Cl)c1OC)C1CCC(C)CC1.